The highest BCUT2D eigenvalue weighted by Crippen LogP contribution is 2.43. The van der Waals surface area contributed by atoms with Crippen LogP contribution in [0.15, 0.2) is 30.5 Å². The lowest BCUT2D eigenvalue weighted by Gasteiger charge is -2.22. The number of hydrogen-bond donors (Lipinski definition) is 1. The number of rotatable bonds is 3. The number of nitrogens with zero attached hydrogens (tertiary/aromatic N) is 2. The fourth-order valence-electron chi connectivity index (χ4n) is 4.36. The zero-order valence-electron chi connectivity index (χ0n) is 12.2. The van der Waals surface area contributed by atoms with Crippen LogP contribution in [0.2, 0.25) is 0 Å². The fraction of sp³-hybridized carbons (Fsp3) is 0.471. The lowest BCUT2D eigenvalue weighted by molar-refractivity contribution is -0.142. The predicted molar refractivity (Wildman–Crippen MR) is 81.0 cm³/mol. The highest BCUT2D eigenvalue weighted by molar-refractivity contribution is 5.83. The first-order chi connectivity index (χ1) is 10.1. The molecule has 4 rings (SSSR count). The summed E-state index contributed by atoms with van der Waals surface area (Å²) < 4.78 is 2.16. The first-order valence-corrected chi connectivity index (χ1v) is 7.66. The molecule has 1 N–H and O–H groups in total. The Balaban J connectivity index is 1.65. The van der Waals surface area contributed by atoms with Crippen molar-refractivity contribution in [3.8, 4) is 0 Å². The van der Waals surface area contributed by atoms with Gasteiger partial charge in [0.05, 0.1) is 5.92 Å². The van der Waals surface area contributed by atoms with Crippen molar-refractivity contribution < 1.29 is 9.90 Å². The third-order valence-electron chi connectivity index (χ3n) is 5.33. The van der Waals surface area contributed by atoms with Crippen molar-refractivity contribution in [2.75, 3.05) is 0 Å². The molecule has 1 aromatic heterocycles. The largest absolute Gasteiger partial charge is 0.481 e. The molecule has 0 spiro atoms. The van der Waals surface area contributed by atoms with Crippen LogP contribution in [0.25, 0.3) is 10.9 Å². The van der Waals surface area contributed by atoms with Crippen LogP contribution in [-0.2, 0) is 18.4 Å². The van der Waals surface area contributed by atoms with E-state index in [-0.39, 0.29) is 12.0 Å². The lowest BCUT2D eigenvalue weighted by atomic mass is 9.89. The molecule has 110 valence electrons. The maximum Gasteiger partial charge on any atom is 0.308 e. The number of hydrogen-bond acceptors (Lipinski definition) is 2. The Morgan fingerprint density at radius 3 is 2.90 bits per heavy atom. The van der Waals surface area contributed by atoms with Gasteiger partial charge >= 0.3 is 5.97 Å². The molecule has 3 heterocycles. The average Bonchev–Trinajstić information content (AvgIpc) is 3.13. The Morgan fingerprint density at radius 1 is 1.33 bits per heavy atom. The van der Waals surface area contributed by atoms with Crippen molar-refractivity contribution in [1.29, 1.82) is 0 Å². The van der Waals surface area contributed by atoms with Gasteiger partial charge in [0, 0.05) is 42.8 Å². The van der Waals surface area contributed by atoms with E-state index in [9.17, 15) is 9.90 Å². The molecule has 2 fully saturated rings. The van der Waals surface area contributed by atoms with Gasteiger partial charge in [0.1, 0.15) is 0 Å². The Morgan fingerprint density at radius 2 is 2.14 bits per heavy atom. The van der Waals surface area contributed by atoms with Gasteiger partial charge in [-0.3, -0.25) is 9.69 Å². The number of fused-ring (bicyclic) bond motifs is 3. The summed E-state index contributed by atoms with van der Waals surface area (Å²) in [6.45, 7) is 0.875. The van der Waals surface area contributed by atoms with Gasteiger partial charge in [-0.15, -0.1) is 0 Å². The van der Waals surface area contributed by atoms with E-state index in [1.165, 1.54) is 16.5 Å². The highest BCUT2D eigenvalue weighted by Gasteiger charge is 2.49. The monoisotopic (exact) mass is 284 g/mol. The van der Waals surface area contributed by atoms with Crippen molar-refractivity contribution in [2.45, 2.75) is 37.9 Å². The van der Waals surface area contributed by atoms with Gasteiger partial charge in [-0.25, -0.2) is 0 Å². The summed E-state index contributed by atoms with van der Waals surface area (Å²) >= 11 is 0. The number of aryl methyl sites for hydroxylation is 1. The number of carbonyl (C=O) groups is 1. The molecule has 3 unspecified atom stereocenters. The molecule has 4 heteroatoms. The minimum absolute atomic E-state index is 0.168. The number of para-hydroxylation sites is 1. The van der Waals surface area contributed by atoms with Crippen LogP contribution >= 0.6 is 0 Å². The number of benzene rings is 1. The van der Waals surface area contributed by atoms with E-state index in [1.807, 2.05) is 0 Å². The molecule has 21 heavy (non-hydrogen) atoms. The molecule has 2 bridgehead atoms. The van der Waals surface area contributed by atoms with Crippen LogP contribution < -0.4 is 0 Å². The minimum atomic E-state index is -0.620. The smallest absolute Gasteiger partial charge is 0.308 e. The minimum Gasteiger partial charge on any atom is -0.481 e. The molecule has 0 radical (unpaired) electrons. The van der Waals surface area contributed by atoms with E-state index in [0.717, 1.165) is 25.8 Å². The van der Waals surface area contributed by atoms with Gasteiger partial charge in [0.15, 0.2) is 0 Å². The summed E-state index contributed by atoms with van der Waals surface area (Å²) in [4.78, 5) is 13.8. The fourth-order valence-corrected chi connectivity index (χ4v) is 4.36. The molecule has 2 aliphatic rings. The second-order valence-electron chi connectivity index (χ2n) is 6.43. The van der Waals surface area contributed by atoms with Gasteiger partial charge in [0.2, 0.25) is 0 Å². The maximum atomic E-state index is 11.4. The second-order valence-corrected chi connectivity index (χ2v) is 6.43. The second kappa shape index (κ2) is 4.60. The average molecular weight is 284 g/mol. The molecule has 0 saturated carbocycles. The summed E-state index contributed by atoms with van der Waals surface area (Å²) in [5.74, 6) is -0.788. The zero-order valence-corrected chi connectivity index (χ0v) is 12.2. The Bertz CT molecular complexity index is 706. The SMILES string of the molecule is Cn1cc(CN2C3CCC2C(C(=O)O)C3)c2ccccc21. The molecule has 2 aromatic rings. The summed E-state index contributed by atoms with van der Waals surface area (Å²) in [6, 6.07) is 9.12. The number of carboxylic acid groups (broad SMARTS) is 1. The van der Waals surface area contributed by atoms with E-state index >= 15 is 0 Å². The Labute approximate surface area is 124 Å². The Kier molecular flexibility index (Phi) is 2.82. The number of carboxylic acids is 1. The van der Waals surface area contributed by atoms with Crippen LogP contribution in [0, 0.1) is 5.92 Å². The first-order valence-electron chi connectivity index (χ1n) is 7.66. The molecule has 2 aliphatic heterocycles. The summed E-state index contributed by atoms with van der Waals surface area (Å²) in [7, 11) is 2.07. The van der Waals surface area contributed by atoms with Crippen molar-refractivity contribution >= 4 is 16.9 Å². The van der Waals surface area contributed by atoms with Crippen molar-refractivity contribution in [3.63, 3.8) is 0 Å². The van der Waals surface area contributed by atoms with Gasteiger partial charge < -0.3 is 9.67 Å². The van der Waals surface area contributed by atoms with Crippen LogP contribution in [0.1, 0.15) is 24.8 Å². The third-order valence-corrected chi connectivity index (χ3v) is 5.33. The molecule has 1 aromatic carbocycles. The van der Waals surface area contributed by atoms with E-state index in [4.69, 9.17) is 0 Å². The van der Waals surface area contributed by atoms with Crippen LogP contribution in [0.4, 0.5) is 0 Å². The van der Waals surface area contributed by atoms with Crippen LogP contribution in [0.3, 0.4) is 0 Å². The quantitative estimate of drug-likeness (QED) is 0.942. The van der Waals surface area contributed by atoms with Gasteiger partial charge in [-0.1, -0.05) is 18.2 Å². The van der Waals surface area contributed by atoms with Gasteiger partial charge in [-0.05, 0) is 30.9 Å². The topological polar surface area (TPSA) is 45.5 Å². The predicted octanol–water partition coefficient (Wildman–Crippen LogP) is 2.62. The van der Waals surface area contributed by atoms with Gasteiger partial charge in [0.25, 0.3) is 0 Å². The van der Waals surface area contributed by atoms with E-state index < -0.39 is 5.97 Å². The van der Waals surface area contributed by atoms with Crippen LogP contribution in [0.5, 0.6) is 0 Å². The van der Waals surface area contributed by atoms with Crippen molar-refractivity contribution in [2.24, 2.45) is 13.0 Å². The normalized spacial score (nSPS) is 28.5. The van der Waals surface area contributed by atoms with Gasteiger partial charge in [-0.2, -0.15) is 0 Å². The van der Waals surface area contributed by atoms with Crippen molar-refractivity contribution in [1.82, 2.24) is 9.47 Å². The molecule has 3 atom stereocenters. The molecule has 0 aliphatic carbocycles. The number of aromatic nitrogens is 1. The molecule has 2 saturated heterocycles. The van der Waals surface area contributed by atoms with Crippen LogP contribution in [-0.4, -0.2) is 32.6 Å². The molecular weight excluding hydrogens is 264 g/mol. The van der Waals surface area contributed by atoms with Crippen molar-refractivity contribution in [3.05, 3.63) is 36.0 Å². The number of aliphatic carboxylic acids is 1. The maximum absolute atomic E-state index is 11.4. The first kappa shape index (κ1) is 12.9. The molecular formula is C17H20N2O2. The lowest BCUT2D eigenvalue weighted by Crippen LogP contribution is -2.32. The molecule has 4 nitrogen and oxygen atoms in total. The van der Waals surface area contributed by atoms with E-state index in [1.54, 1.807) is 0 Å². The van der Waals surface area contributed by atoms with E-state index in [2.05, 4.69) is 47.0 Å². The highest BCUT2D eigenvalue weighted by atomic mass is 16.4. The summed E-state index contributed by atoms with van der Waals surface area (Å²) in [5.41, 5.74) is 2.56. The summed E-state index contributed by atoms with van der Waals surface area (Å²) in [6.07, 6.45) is 5.20. The standard InChI is InChI=1S/C17H20N2O2/c1-18-9-11(13-4-2-3-5-15(13)18)10-19-12-6-7-16(19)14(8-12)17(20)21/h2-5,9,12,14,16H,6-8,10H2,1H3,(H,20,21). The summed E-state index contributed by atoms with van der Waals surface area (Å²) in [5, 5.41) is 10.7. The van der Waals surface area contributed by atoms with E-state index in [0.29, 0.717) is 6.04 Å². The third kappa shape index (κ3) is 1.89. The zero-order chi connectivity index (χ0) is 14.6. The molecule has 0 amide bonds. The Hall–Kier alpha value is -1.81.